The Balaban J connectivity index is 2.67. The van der Waals surface area contributed by atoms with E-state index in [2.05, 4.69) is 29.4 Å². The van der Waals surface area contributed by atoms with E-state index in [9.17, 15) is 4.79 Å². The first-order chi connectivity index (χ1) is 6.63. The highest BCUT2D eigenvalue weighted by Gasteiger charge is 2.10. The Morgan fingerprint density at radius 1 is 1.50 bits per heavy atom. The van der Waals surface area contributed by atoms with Crippen LogP contribution in [0.5, 0.6) is 0 Å². The number of ketones is 1. The molecule has 1 rings (SSSR count). The molecule has 0 spiro atoms. The molecule has 0 unspecified atom stereocenters. The third-order valence-electron chi connectivity index (χ3n) is 1.89. The van der Waals surface area contributed by atoms with Crippen molar-refractivity contribution in [1.29, 1.82) is 0 Å². The molecule has 0 saturated carbocycles. The minimum atomic E-state index is 0.171. The molecule has 0 bridgehead atoms. The summed E-state index contributed by atoms with van der Waals surface area (Å²) in [5.74, 6) is 1.32. The molecule has 1 heterocycles. The van der Waals surface area contributed by atoms with Crippen molar-refractivity contribution in [1.82, 2.24) is 20.2 Å². The lowest BCUT2D eigenvalue weighted by atomic mass is 10.2. The van der Waals surface area contributed by atoms with Crippen molar-refractivity contribution < 1.29 is 4.79 Å². The minimum absolute atomic E-state index is 0.171. The number of tetrazole rings is 1. The molecular formula is C9H16N4O. The van der Waals surface area contributed by atoms with E-state index in [1.165, 1.54) is 0 Å². The van der Waals surface area contributed by atoms with Crippen LogP contribution in [0.25, 0.3) is 0 Å². The normalized spacial score (nSPS) is 10.9. The molecule has 5 nitrogen and oxygen atoms in total. The van der Waals surface area contributed by atoms with E-state index in [1.807, 2.05) is 6.92 Å². The predicted octanol–water partition coefficient (Wildman–Crippen LogP) is 0.851. The van der Waals surface area contributed by atoms with E-state index < -0.39 is 0 Å². The first-order valence-electron chi connectivity index (χ1n) is 4.90. The highest BCUT2D eigenvalue weighted by molar-refractivity contribution is 5.79. The maximum Gasteiger partial charge on any atom is 0.158 e. The number of hydrogen-bond acceptors (Lipinski definition) is 4. The summed E-state index contributed by atoms with van der Waals surface area (Å²) < 4.78 is 1.71. The summed E-state index contributed by atoms with van der Waals surface area (Å²) in [7, 11) is 0. The Labute approximate surface area is 83.5 Å². The first-order valence-corrected chi connectivity index (χ1v) is 4.90. The van der Waals surface area contributed by atoms with Gasteiger partial charge in [0.15, 0.2) is 5.82 Å². The van der Waals surface area contributed by atoms with Crippen molar-refractivity contribution in [2.24, 2.45) is 5.92 Å². The van der Waals surface area contributed by atoms with E-state index in [0.29, 0.717) is 24.6 Å². The van der Waals surface area contributed by atoms with Gasteiger partial charge in [0.05, 0.1) is 6.42 Å². The van der Waals surface area contributed by atoms with Crippen molar-refractivity contribution in [3.05, 3.63) is 5.82 Å². The molecule has 78 valence electrons. The fourth-order valence-electron chi connectivity index (χ4n) is 1.14. The van der Waals surface area contributed by atoms with Gasteiger partial charge in [-0.1, -0.05) is 20.8 Å². The lowest BCUT2D eigenvalue weighted by Crippen LogP contribution is -2.13. The fraction of sp³-hybridized carbons (Fsp3) is 0.778. The molecule has 1 aromatic rings. The van der Waals surface area contributed by atoms with Gasteiger partial charge in [0, 0.05) is 13.0 Å². The summed E-state index contributed by atoms with van der Waals surface area (Å²) in [5, 5.41) is 11.3. The third-order valence-corrected chi connectivity index (χ3v) is 1.89. The lowest BCUT2D eigenvalue weighted by molar-refractivity contribution is -0.118. The molecule has 0 saturated heterocycles. The summed E-state index contributed by atoms with van der Waals surface area (Å²) >= 11 is 0. The second kappa shape index (κ2) is 4.83. The zero-order chi connectivity index (χ0) is 10.6. The van der Waals surface area contributed by atoms with Gasteiger partial charge in [-0.05, 0) is 16.3 Å². The molecule has 5 heteroatoms. The average Bonchev–Trinajstić information content (AvgIpc) is 2.52. The monoisotopic (exact) mass is 196 g/mol. The first kappa shape index (κ1) is 10.8. The maximum atomic E-state index is 11.2. The predicted molar refractivity (Wildman–Crippen MR) is 51.7 cm³/mol. The molecule has 0 aliphatic carbocycles. The summed E-state index contributed by atoms with van der Waals surface area (Å²) in [6.07, 6.45) is 0.880. The number of rotatable bonds is 5. The van der Waals surface area contributed by atoms with Crippen LogP contribution in [0, 0.1) is 5.92 Å². The van der Waals surface area contributed by atoms with Gasteiger partial charge in [0.1, 0.15) is 5.78 Å². The van der Waals surface area contributed by atoms with Gasteiger partial charge in [0.2, 0.25) is 0 Å². The van der Waals surface area contributed by atoms with Crippen molar-refractivity contribution in [3.8, 4) is 0 Å². The van der Waals surface area contributed by atoms with Crippen LogP contribution in [0.2, 0.25) is 0 Å². The summed E-state index contributed by atoms with van der Waals surface area (Å²) in [6.45, 7) is 6.79. The van der Waals surface area contributed by atoms with Gasteiger partial charge >= 0.3 is 0 Å². The Kier molecular flexibility index (Phi) is 3.73. The topological polar surface area (TPSA) is 60.7 Å². The molecule has 0 aliphatic heterocycles. The van der Waals surface area contributed by atoms with Crippen LogP contribution in [0.3, 0.4) is 0 Å². The van der Waals surface area contributed by atoms with Crippen LogP contribution >= 0.6 is 0 Å². The quantitative estimate of drug-likeness (QED) is 0.700. The van der Waals surface area contributed by atoms with E-state index >= 15 is 0 Å². The fourth-order valence-corrected chi connectivity index (χ4v) is 1.14. The van der Waals surface area contributed by atoms with E-state index in [1.54, 1.807) is 4.68 Å². The summed E-state index contributed by atoms with van der Waals surface area (Å²) in [5.41, 5.74) is 0. The zero-order valence-electron chi connectivity index (χ0n) is 8.90. The standard InChI is InChI=1S/C9H16N4O/c1-4-8(14)5-9-10-11-12-13(9)6-7(2)3/h7H,4-6H2,1-3H3. The Morgan fingerprint density at radius 3 is 2.79 bits per heavy atom. The Morgan fingerprint density at radius 2 is 2.21 bits per heavy atom. The van der Waals surface area contributed by atoms with Crippen molar-refractivity contribution in [2.45, 2.75) is 40.2 Å². The van der Waals surface area contributed by atoms with E-state index in [4.69, 9.17) is 0 Å². The van der Waals surface area contributed by atoms with Crippen LogP contribution in [-0.4, -0.2) is 26.0 Å². The smallest absolute Gasteiger partial charge is 0.158 e. The molecule has 14 heavy (non-hydrogen) atoms. The number of nitrogens with zero attached hydrogens (tertiary/aromatic N) is 4. The summed E-state index contributed by atoms with van der Waals surface area (Å²) in [4.78, 5) is 11.2. The second-order valence-corrected chi connectivity index (χ2v) is 3.74. The van der Waals surface area contributed by atoms with Gasteiger partial charge in [-0.3, -0.25) is 4.79 Å². The molecule has 0 radical (unpaired) electrons. The number of carbonyl (C=O) groups excluding carboxylic acids is 1. The number of aromatic nitrogens is 4. The molecule has 0 aromatic carbocycles. The molecule has 0 atom stereocenters. The largest absolute Gasteiger partial charge is 0.299 e. The highest BCUT2D eigenvalue weighted by Crippen LogP contribution is 2.01. The lowest BCUT2D eigenvalue weighted by Gasteiger charge is -2.05. The summed E-state index contributed by atoms with van der Waals surface area (Å²) in [6, 6.07) is 0. The van der Waals surface area contributed by atoms with Crippen LogP contribution < -0.4 is 0 Å². The minimum Gasteiger partial charge on any atom is -0.299 e. The molecular weight excluding hydrogens is 180 g/mol. The van der Waals surface area contributed by atoms with Gasteiger partial charge in [-0.15, -0.1) is 5.10 Å². The number of hydrogen-bond donors (Lipinski definition) is 0. The van der Waals surface area contributed by atoms with Crippen LogP contribution in [-0.2, 0) is 17.8 Å². The molecule has 0 fully saturated rings. The van der Waals surface area contributed by atoms with Crippen LogP contribution in [0.1, 0.15) is 33.0 Å². The van der Waals surface area contributed by atoms with Crippen LogP contribution in [0.4, 0.5) is 0 Å². The van der Waals surface area contributed by atoms with Gasteiger partial charge in [0.25, 0.3) is 0 Å². The van der Waals surface area contributed by atoms with Gasteiger partial charge in [-0.2, -0.15) is 0 Å². The average molecular weight is 196 g/mol. The van der Waals surface area contributed by atoms with Gasteiger partial charge < -0.3 is 0 Å². The Bertz CT molecular complexity index is 306. The second-order valence-electron chi connectivity index (χ2n) is 3.74. The third kappa shape index (κ3) is 2.90. The SMILES string of the molecule is CCC(=O)Cc1nnnn1CC(C)C. The molecule has 0 aliphatic rings. The zero-order valence-corrected chi connectivity index (χ0v) is 8.90. The number of Topliss-reactive ketones (excluding diaryl/α,β-unsaturated/α-hetero) is 1. The highest BCUT2D eigenvalue weighted by atomic mass is 16.1. The molecule has 0 amide bonds. The Hall–Kier alpha value is -1.26. The van der Waals surface area contributed by atoms with Crippen molar-refractivity contribution >= 4 is 5.78 Å². The van der Waals surface area contributed by atoms with Crippen molar-refractivity contribution in [3.63, 3.8) is 0 Å². The number of carbonyl (C=O) groups is 1. The van der Waals surface area contributed by atoms with E-state index in [-0.39, 0.29) is 5.78 Å². The molecule has 1 aromatic heterocycles. The van der Waals surface area contributed by atoms with Crippen molar-refractivity contribution in [2.75, 3.05) is 0 Å². The van der Waals surface area contributed by atoms with Gasteiger partial charge in [-0.25, -0.2) is 4.68 Å². The van der Waals surface area contributed by atoms with Crippen LogP contribution in [0.15, 0.2) is 0 Å². The van der Waals surface area contributed by atoms with E-state index in [0.717, 1.165) is 6.54 Å². The molecule has 0 N–H and O–H groups in total. The maximum absolute atomic E-state index is 11.2.